The van der Waals surface area contributed by atoms with Crippen LogP contribution in [0.3, 0.4) is 0 Å². The SMILES string of the molecule is CCCCCCCCCCCC=CC1=C(c2ccc(CCCCCCCC)cc2)[N+](=[N-])C(c2ccc(CCCCCCCC)cc2)=C1CCCC.CCCCCCCCCCCCCCCCCCCCCCCCCC[CH2][Pd][CH2]CCCCCCCCCCCCCCCCCCCCCCCCCC. The fourth-order valence-electron chi connectivity index (χ4n) is 16.3. The molecule has 1 aliphatic heterocycles. The Morgan fingerprint density at radius 3 is 0.708 bits per heavy atom. The van der Waals surface area contributed by atoms with Crippen LogP contribution in [0.4, 0.5) is 0 Å². The zero-order chi connectivity index (χ0) is 75.8. The van der Waals surface area contributed by atoms with Gasteiger partial charge in [0, 0.05) is 16.7 Å². The molecule has 0 radical (unpaired) electrons. The third-order valence-corrected chi connectivity index (χ3v) is 25.8. The van der Waals surface area contributed by atoms with Crippen LogP contribution in [0.5, 0.6) is 0 Å². The van der Waals surface area contributed by atoms with Gasteiger partial charge in [-0.2, -0.15) is 0 Å². The maximum absolute atomic E-state index is 12.1. The molecule has 3 heteroatoms. The molecule has 0 saturated heterocycles. The molecule has 0 aromatic heterocycles. The second-order valence-corrected chi connectivity index (χ2v) is 36.2. The Hall–Kier alpha value is -2.08. The molecule has 0 spiro atoms. The number of allylic oxidation sites excluding steroid dienone is 4. The Morgan fingerprint density at radius 1 is 0.236 bits per heavy atom. The fraction of sp³-hybridized carbons (Fsp3) is 0.825. The van der Waals surface area contributed by atoms with Crippen LogP contribution in [0.1, 0.15) is 545 Å². The van der Waals surface area contributed by atoms with Crippen LogP contribution in [-0.4, -0.2) is 4.70 Å². The van der Waals surface area contributed by atoms with E-state index in [-0.39, 0.29) is 0 Å². The van der Waals surface area contributed by atoms with Gasteiger partial charge in [0.2, 0.25) is 11.4 Å². The van der Waals surface area contributed by atoms with Gasteiger partial charge in [-0.3, -0.25) is 0 Å². The molecule has 2 nitrogen and oxygen atoms in total. The molecule has 0 aliphatic carbocycles. The predicted molar refractivity (Wildman–Crippen MR) is 477 cm³/mol. The fourth-order valence-corrected chi connectivity index (χ4v) is 18.3. The molecule has 106 heavy (non-hydrogen) atoms. The van der Waals surface area contributed by atoms with Gasteiger partial charge in [-0.25, -0.2) is 4.70 Å². The molecule has 3 rings (SSSR count). The molecular formula is C103H186N2Pd. The molecule has 1 aliphatic rings. The normalized spacial score (nSPS) is 12.6. The summed E-state index contributed by atoms with van der Waals surface area (Å²) in [5.41, 5.74) is 21.5. The van der Waals surface area contributed by atoms with Crippen LogP contribution in [0.25, 0.3) is 16.9 Å². The summed E-state index contributed by atoms with van der Waals surface area (Å²) in [5, 5.41) is 0. The quantitative estimate of drug-likeness (QED) is 0.0358. The van der Waals surface area contributed by atoms with Crippen molar-refractivity contribution in [1.82, 2.24) is 0 Å². The van der Waals surface area contributed by atoms with E-state index in [1.807, 2.05) is 0 Å². The van der Waals surface area contributed by atoms with Crippen molar-refractivity contribution in [3.8, 4) is 0 Å². The van der Waals surface area contributed by atoms with Gasteiger partial charge >= 0.3 is 169 Å². The molecule has 0 unspecified atom stereocenters. The van der Waals surface area contributed by atoms with Gasteiger partial charge in [-0.05, 0) is 86.8 Å². The van der Waals surface area contributed by atoms with Crippen molar-refractivity contribution in [3.63, 3.8) is 0 Å². The number of hydrogen-bond acceptors (Lipinski definition) is 0. The predicted octanol–water partition coefficient (Wildman–Crippen LogP) is 37.8. The Labute approximate surface area is 674 Å². The molecule has 0 fully saturated rings. The van der Waals surface area contributed by atoms with E-state index in [1.165, 1.54) is 483 Å². The minimum Gasteiger partial charge on any atom is -0.0654 e. The summed E-state index contributed by atoms with van der Waals surface area (Å²) in [4.78, 5) is 3.10. The summed E-state index contributed by atoms with van der Waals surface area (Å²) < 4.78 is 1.54. The van der Waals surface area contributed by atoms with E-state index in [0.717, 1.165) is 79.0 Å². The van der Waals surface area contributed by atoms with Crippen LogP contribution < -0.4 is 0 Å². The van der Waals surface area contributed by atoms with Crippen molar-refractivity contribution >= 4 is 11.4 Å². The topological polar surface area (TPSA) is 25.3 Å². The molecule has 0 bridgehead atoms. The average Bonchev–Trinajstić information content (AvgIpc) is 1.61. The Morgan fingerprint density at radius 2 is 0.453 bits per heavy atom. The van der Waals surface area contributed by atoms with Crippen LogP contribution in [0.15, 0.2) is 71.8 Å². The maximum atomic E-state index is 12.1. The van der Waals surface area contributed by atoms with E-state index < -0.39 is 0 Å². The second-order valence-electron chi connectivity index (χ2n) is 33.9. The number of rotatable bonds is 82. The molecular weight excluding hydrogens is 1370 g/mol. The summed E-state index contributed by atoms with van der Waals surface area (Å²) in [6.07, 6.45) is 114. The summed E-state index contributed by atoms with van der Waals surface area (Å²) in [6.45, 7) is 13.8. The summed E-state index contributed by atoms with van der Waals surface area (Å²) in [7, 11) is 0. The van der Waals surface area contributed by atoms with E-state index >= 15 is 0 Å². The standard InChI is InChI=1S/C49H76N2.2C27H55.Pd/c1-5-9-13-16-19-20-21-22-23-26-29-33-47-46(32-12-8-4)48(44-38-34-42(35-39-44)30-27-24-17-14-10-6-2)51(50)49(47)45-40-36-43(37-41-45)31-28-25-18-15-11-7-3;2*1-3-5-7-9-11-13-15-17-19-21-23-25-27-26-24-22-20-18-16-14-12-10-8-6-4-2;/h29,33-41H,5-28,30-32H2,1-4H3;2*1,3-27H2,2H3;. The molecule has 0 saturated carbocycles. The van der Waals surface area contributed by atoms with Gasteiger partial charge in [0.15, 0.2) is 0 Å². The van der Waals surface area contributed by atoms with Crippen LogP contribution >= 0.6 is 0 Å². The molecule has 2 aromatic rings. The third-order valence-electron chi connectivity index (χ3n) is 23.6. The number of unbranched alkanes of at least 4 members (excludes halogenated alkanes) is 68. The number of benzene rings is 2. The van der Waals surface area contributed by atoms with Crippen molar-refractivity contribution in [1.29, 1.82) is 0 Å². The molecule has 0 N–H and O–H groups in total. The van der Waals surface area contributed by atoms with Crippen molar-refractivity contribution in [2.24, 2.45) is 0 Å². The van der Waals surface area contributed by atoms with E-state index in [1.54, 1.807) is 9.79 Å². The van der Waals surface area contributed by atoms with Gasteiger partial charge in [-0.1, -0.05) is 380 Å². The number of hydrogen-bond donors (Lipinski definition) is 0. The Bertz CT molecular complexity index is 2160. The smallest absolute Gasteiger partial charge is 0.0654 e. The molecule has 1 heterocycles. The summed E-state index contributed by atoms with van der Waals surface area (Å²) in [6, 6.07) is 18.2. The molecule has 618 valence electrons. The first-order chi connectivity index (χ1) is 52.6. The van der Waals surface area contributed by atoms with Gasteiger partial charge in [-0.15, -0.1) is 0 Å². The first kappa shape index (κ1) is 100.0. The number of nitrogens with zero attached hydrogens (tertiary/aromatic N) is 2. The molecule has 2 aromatic carbocycles. The van der Waals surface area contributed by atoms with Gasteiger partial charge in [0.25, 0.3) is 0 Å². The molecule has 0 amide bonds. The van der Waals surface area contributed by atoms with E-state index in [2.05, 4.69) is 102 Å². The van der Waals surface area contributed by atoms with Crippen molar-refractivity contribution in [2.45, 2.75) is 546 Å². The monoisotopic (exact) mass is 1560 g/mol. The van der Waals surface area contributed by atoms with Gasteiger partial charge in [0.1, 0.15) is 0 Å². The second kappa shape index (κ2) is 81.0. The third kappa shape index (κ3) is 60.6. The minimum atomic E-state index is 0.946. The first-order valence-corrected chi connectivity index (χ1v) is 51.0. The summed E-state index contributed by atoms with van der Waals surface area (Å²) in [5.74, 6) is 0. The Kier molecular flexibility index (Phi) is 76.4. The number of aryl methyl sites for hydroxylation is 2. The molecule has 0 atom stereocenters. The summed E-state index contributed by atoms with van der Waals surface area (Å²) >= 11 is 1.05. The van der Waals surface area contributed by atoms with E-state index in [0.29, 0.717) is 0 Å². The van der Waals surface area contributed by atoms with E-state index in [9.17, 15) is 5.53 Å². The van der Waals surface area contributed by atoms with Crippen molar-refractivity contribution in [2.75, 3.05) is 0 Å². The van der Waals surface area contributed by atoms with Crippen molar-refractivity contribution in [3.05, 3.63) is 99.6 Å². The first-order valence-electron chi connectivity index (χ1n) is 48.8. The van der Waals surface area contributed by atoms with Crippen LogP contribution in [0.2, 0.25) is 9.79 Å². The van der Waals surface area contributed by atoms with Crippen molar-refractivity contribution < 1.29 is 22.7 Å². The zero-order valence-electron chi connectivity index (χ0n) is 72.8. The Balaban J connectivity index is 0.000000721. The zero-order valence-corrected chi connectivity index (χ0v) is 74.4. The minimum absolute atomic E-state index is 0.946. The van der Waals surface area contributed by atoms with Gasteiger partial charge in [0.05, 0.1) is 5.57 Å². The van der Waals surface area contributed by atoms with Crippen LogP contribution in [-0.2, 0) is 30.8 Å². The van der Waals surface area contributed by atoms with Crippen LogP contribution in [0, 0.1) is 0 Å². The average molecular weight is 1560 g/mol. The van der Waals surface area contributed by atoms with Gasteiger partial charge < -0.3 is 5.53 Å². The van der Waals surface area contributed by atoms with E-state index in [4.69, 9.17) is 0 Å².